The molecule has 0 aromatic heterocycles. The second-order valence-corrected chi connectivity index (χ2v) is 4.78. The number of carbonyl (C=O) groups is 1. The van der Waals surface area contributed by atoms with Crippen molar-refractivity contribution in [1.29, 1.82) is 0 Å². The van der Waals surface area contributed by atoms with Crippen molar-refractivity contribution in [3.8, 4) is 5.75 Å². The third-order valence-electron chi connectivity index (χ3n) is 3.35. The first-order valence-corrected chi connectivity index (χ1v) is 6.60. The molecule has 0 aliphatic carbocycles. The quantitative estimate of drug-likeness (QED) is 0.850. The highest BCUT2D eigenvalue weighted by Gasteiger charge is 2.23. The smallest absolute Gasteiger partial charge is 0.231 e. The third-order valence-corrected chi connectivity index (χ3v) is 3.35. The largest absolute Gasteiger partial charge is 0.489 e. The van der Waals surface area contributed by atoms with E-state index in [-0.39, 0.29) is 5.91 Å². The lowest BCUT2D eigenvalue weighted by Gasteiger charge is -2.29. The molecule has 2 aromatic carbocycles. The van der Waals surface area contributed by atoms with E-state index in [9.17, 15) is 4.79 Å². The molecule has 0 radical (unpaired) electrons. The molecule has 1 amide bonds. The molecular weight excluding hydrogens is 252 g/mol. The first-order chi connectivity index (χ1) is 9.74. The molecule has 0 atom stereocenters. The number of amides is 1. The van der Waals surface area contributed by atoms with Crippen molar-refractivity contribution in [3.05, 3.63) is 54.1 Å². The van der Waals surface area contributed by atoms with E-state index in [1.165, 1.54) is 0 Å². The maximum absolute atomic E-state index is 12.5. The second kappa shape index (κ2) is 5.25. The van der Waals surface area contributed by atoms with Gasteiger partial charge in [0.25, 0.3) is 0 Å². The molecule has 2 N–H and O–H groups in total. The number of carbonyl (C=O) groups excluding carboxylic acids is 1. The van der Waals surface area contributed by atoms with Crippen LogP contribution in [0.3, 0.4) is 0 Å². The SMILES string of the molecule is Nc1ccc2c(c1)OCCN2C(=O)Cc1ccccc1. The van der Waals surface area contributed by atoms with Crippen LogP contribution in [0.1, 0.15) is 5.56 Å². The van der Waals surface area contributed by atoms with Gasteiger partial charge in [0.1, 0.15) is 12.4 Å². The van der Waals surface area contributed by atoms with Crippen molar-refractivity contribution in [2.24, 2.45) is 0 Å². The lowest BCUT2D eigenvalue weighted by atomic mass is 10.1. The van der Waals surface area contributed by atoms with Crippen LogP contribution in [0.25, 0.3) is 0 Å². The van der Waals surface area contributed by atoms with E-state index in [2.05, 4.69) is 0 Å². The molecule has 20 heavy (non-hydrogen) atoms. The number of benzene rings is 2. The van der Waals surface area contributed by atoms with Crippen molar-refractivity contribution >= 4 is 17.3 Å². The molecule has 0 fully saturated rings. The maximum Gasteiger partial charge on any atom is 0.231 e. The number of rotatable bonds is 2. The van der Waals surface area contributed by atoms with E-state index in [0.29, 0.717) is 31.0 Å². The zero-order valence-corrected chi connectivity index (χ0v) is 11.1. The predicted octanol–water partition coefficient (Wildman–Crippen LogP) is 2.24. The lowest BCUT2D eigenvalue weighted by molar-refractivity contribution is -0.118. The highest BCUT2D eigenvalue weighted by molar-refractivity contribution is 5.96. The average molecular weight is 268 g/mol. The number of anilines is 2. The van der Waals surface area contributed by atoms with Gasteiger partial charge in [-0.2, -0.15) is 0 Å². The summed E-state index contributed by atoms with van der Waals surface area (Å²) in [7, 11) is 0. The number of nitrogen functional groups attached to an aromatic ring is 1. The highest BCUT2D eigenvalue weighted by Crippen LogP contribution is 2.33. The fraction of sp³-hybridized carbons (Fsp3) is 0.188. The molecule has 4 heteroatoms. The van der Waals surface area contributed by atoms with Gasteiger partial charge in [0, 0.05) is 11.8 Å². The molecule has 0 saturated heterocycles. The molecule has 3 rings (SSSR count). The fourth-order valence-corrected chi connectivity index (χ4v) is 2.36. The summed E-state index contributed by atoms with van der Waals surface area (Å²) in [6.07, 6.45) is 0.394. The van der Waals surface area contributed by atoms with Crippen LogP contribution < -0.4 is 15.4 Å². The number of fused-ring (bicyclic) bond motifs is 1. The van der Waals surface area contributed by atoms with Gasteiger partial charge >= 0.3 is 0 Å². The van der Waals surface area contributed by atoms with Gasteiger partial charge < -0.3 is 15.4 Å². The summed E-state index contributed by atoms with van der Waals surface area (Å²) in [5, 5.41) is 0. The molecule has 1 heterocycles. The Kier molecular flexibility index (Phi) is 3.29. The van der Waals surface area contributed by atoms with Gasteiger partial charge in [0.2, 0.25) is 5.91 Å². The van der Waals surface area contributed by atoms with Crippen molar-refractivity contribution in [3.63, 3.8) is 0 Å². The fourth-order valence-electron chi connectivity index (χ4n) is 2.36. The molecule has 1 aliphatic heterocycles. The molecular formula is C16H16N2O2. The van der Waals surface area contributed by atoms with Gasteiger partial charge in [-0.05, 0) is 17.7 Å². The Bertz CT molecular complexity index is 626. The van der Waals surface area contributed by atoms with E-state index in [0.717, 1.165) is 11.3 Å². The first-order valence-electron chi connectivity index (χ1n) is 6.60. The van der Waals surface area contributed by atoms with Gasteiger partial charge in [-0.25, -0.2) is 0 Å². The molecule has 102 valence electrons. The van der Waals surface area contributed by atoms with E-state index in [1.54, 1.807) is 17.0 Å². The van der Waals surface area contributed by atoms with Gasteiger partial charge in [-0.15, -0.1) is 0 Å². The summed E-state index contributed by atoms with van der Waals surface area (Å²) in [5.74, 6) is 0.753. The van der Waals surface area contributed by atoms with Crippen LogP contribution in [0.15, 0.2) is 48.5 Å². The predicted molar refractivity (Wildman–Crippen MR) is 78.8 cm³/mol. The van der Waals surface area contributed by atoms with Crippen molar-refractivity contribution < 1.29 is 9.53 Å². The maximum atomic E-state index is 12.5. The molecule has 0 unspecified atom stereocenters. The summed E-state index contributed by atoms with van der Waals surface area (Å²) < 4.78 is 5.56. The zero-order chi connectivity index (χ0) is 13.9. The van der Waals surface area contributed by atoms with E-state index in [1.807, 2.05) is 36.4 Å². The van der Waals surface area contributed by atoms with Crippen molar-refractivity contribution in [2.75, 3.05) is 23.8 Å². The topological polar surface area (TPSA) is 55.6 Å². The van der Waals surface area contributed by atoms with Crippen molar-refractivity contribution in [2.45, 2.75) is 6.42 Å². The minimum absolute atomic E-state index is 0.0746. The monoisotopic (exact) mass is 268 g/mol. The van der Waals surface area contributed by atoms with Gasteiger partial charge in [0.05, 0.1) is 18.7 Å². The summed E-state index contributed by atoms with van der Waals surface area (Å²) in [6, 6.07) is 15.1. The summed E-state index contributed by atoms with van der Waals surface area (Å²) in [5.41, 5.74) is 8.20. The minimum Gasteiger partial charge on any atom is -0.489 e. The van der Waals surface area contributed by atoms with Crippen LogP contribution in [0.4, 0.5) is 11.4 Å². The van der Waals surface area contributed by atoms with Crippen LogP contribution in [-0.4, -0.2) is 19.1 Å². The number of nitrogens with zero attached hydrogens (tertiary/aromatic N) is 1. The Morgan fingerprint density at radius 2 is 2.00 bits per heavy atom. The van der Waals surface area contributed by atoms with Gasteiger partial charge in [-0.1, -0.05) is 30.3 Å². The Hall–Kier alpha value is -2.49. The molecule has 0 spiro atoms. The third kappa shape index (κ3) is 2.45. The highest BCUT2D eigenvalue weighted by atomic mass is 16.5. The molecule has 4 nitrogen and oxygen atoms in total. The summed E-state index contributed by atoms with van der Waals surface area (Å²) >= 11 is 0. The second-order valence-electron chi connectivity index (χ2n) is 4.78. The van der Waals surface area contributed by atoms with Crippen LogP contribution in [0.2, 0.25) is 0 Å². The van der Waals surface area contributed by atoms with Crippen LogP contribution in [-0.2, 0) is 11.2 Å². The Labute approximate surface area is 117 Å². The van der Waals surface area contributed by atoms with Gasteiger partial charge in [0.15, 0.2) is 0 Å². The Morgan fingerprint density at radius 3 is 2.80 bits per heavy atom. The molecule has 0 bridgehead atoms. The normalized spacial score (nSPS) is 13.5. The first kappa shape index (κ1) is 12.5. The number of nitrogens with two attached hydrogens (primary N) is 1. The average Bonchev–Trinajstić information content (AvgIpc) is 2.47. The van der Waals surface area contributed by atoms with E-state index in [4.69, 9.17) is 10.5 Å². The van der Waals surface area contributed by atoms with E-state index < -0.39 is 0 Å². The van der Waals surface area contributed by atoms with Gasteiger partial charge in [-0.3, -0.25) is 4.79 Å². The zero-order valence-electron chi connectivity index (χ0n) is 11.1. The summed E-state index contributed by atoms with van der Waals surface area (Å²) in [4.78, 5) is 14.2. The lowest BCUT2D eigenvalue weighted by Crippen LogP contribution is -2.38. The summed E-state index contributed by atoms with van der Waals surface area (Å²) in [6.45, 7) is 1.07. The molecule has 0 saturated carbocycles. The number of hydrogen-bond acceptors (Lipinski definition) is 3. The molecule has 1 aliphatic rings. The van der Waals surface area contributed by atoms with Crippen LogP contribution >= 0.6 is 0 Å². The number of hydrogen-bond donors (Lipinski definition) is 1. The van der Waals surface area contributed by atoms with Crippen LogP contribution in [0, 0.1) is 0 Å². The van der Waals surface area contributed by atoms with Crippen LogP contribution in [0.5, 0.6) is 5.75 Å². The Morgan fingerprint density at radius 1 is 1.20 bits per heavy atom. The van der Waals surface area contributed by atoms with E-state index >= 15 is 0 Å². The number of ether oxygens (including phenoxy) is 1. The Balaban J connectivity index is 1.83. The standard InChI is InChI=1S/C16H16N2O2/c17-13-6-7-14-15(11-13)20-9-8-18(14)16(19)10-12-4-2-1-3-5-12/h1-7,11H,8-10,17H2. The van der Waals surface area contributed by atoms with Crippen molar-refractivity contribution in [1.82, 2.24) is 0 Å². The molecule has 2 aromatic rings. The minimum atomic E-state index is 0.0746.